The van der Waals surface area contributed by atoms with Crippen molar-refractivity contribution in [3.63, 3.8) is 0 Å². The van der Waals surface area contributed by atoms with Gasteiger partial charge in [0.2, 0.25) is 5.91 Å². The third kappa shape index (κ3) is 4.21. The van der Waals surface area contributed by atoms with E-state index in [0.717, 1.165) is 25.1 Å². The molecule has 0 saturated carbocycles. The third-order valence-corrected chi connectivity index (χ3v) is 4.01. The standard InChI is InChI=1S/C17H26N2O2/c1-12(2)17(20)19-10-9-18-16-6-4-5-13-7-8-14(21-3)11-15(13)16/h7-8,11-12,16,18H,4-6,9-10H2,1-3H3,(H,19,20). The topological polar surface area (TPSA) is 50.4 Å². The molecule has 21 heavy (non-hydrogen) atoms. The van der Waals surface area contributed by atoms with Crippen molar-refractivity contribution in [2.75, 3.05) is 20.2 Å². The number of hydrogen-bond donors (Lipinski definition) is 2. The lowest BCUT2D eigenvalue weighted by Gasteiger charge is -2.27. The van der Waals surface area contributed by atoms with Gasteiger partial charge in [0.15, 0.2) is 0 Å². The lowest BCUT2D eigenvalue weighted by Crippen LogP contribution is -2.36. The molecule has 1 atom stereocenters. The van der Waals surface area contributed by atoms with E-state index in [0.29, 0.717) is 12.6 Å². The third-order valence-electron chi connectivity index (χ3n) is 4.01. The smallest absolute Gasteiger partial charge is 0.222 e. The highest BCUT2D eigenvalue weighted by molar-refractivity contribution is 5.77. The first-order valence-electron chi connectivity index (χ1n) is 7.79. The van der Waals surface area contributed by atoms with E-state index in [2.05, 4.69) is 22.8 Å². The zero-order valence-electron chi connectivity index (χ0n) is 13.2. The number of rotatable bonds is 6. The summed E-state index contributed by atoms with van der Waals surface area (Å²) in [5.41, 5.74) is 2.75. The molecule has 0 saturated heterocycles. The Morgan fingerprint density at radius 2 is 2.19 bits per heavy atom. The molecule has 2 N–H and O–H groups in total. The maximum atomic E-state index is 11.5. The lowest BCUT2D eigenvalue weighted by atomic mass is 9.87. The van der Waals surface area contributed by atoms with Gasteiger partial charge in [0.1, 0.15) is 5.75 Å². The van der Waals surface area contributed by atoms with Crippen LogP contribution in [0.25, 0.3) is 0 Å². The molecule has 1 aromatic rings. The Labute approximate surface area is 127 Å². The quantitative estimate of drug-likeness (QED) is 0.791. The second kappa shape index (κ2) is 7.46. The van der Waals surface area contributed by atoms with Gasteiger partial charge in [0, 0.05) is 25.0 Å². The fourth-order valence-electron chi connectivity index (χ4n) is 2.75. The van der Waals surface area contributed by atoms with E-state index in [1.807, 2.05) is 19.9 Å². The van der Waals surface area contributed by atoms with Gasteiger partial charge in [-0.05, 0) is 42.5 Å². The molecule has 4 nitrogen and oxygen atoms in total. The van der Waals surface area contributed by atoms with Gasteiger partial charge in [-0.1, -0.05) is 19.9 Å². The summed E-state index contributed by atoms with van der Waals surface area (Å²) in [4.78, 5) is 11.5. The van der Waals surface area contributed by atoms with Gasteiger partial charge in [-0.15, -0.1) is 0 Å². The monoisotopic (exact) mass is 290 g/mol. The number of carbonyl (C=O) groups excluding carboxylic acids is 1. The maximum absolute atomic E-state index is 11.5. The van der Waals surface area contributed by atoms with Gasteiger partial charge < -0.3 is 15.4 Å². The summed E-state index contributed by atoms with van der Waals surface area (Å²) in [6.07, 6.45) is 3.48. The van der Waals surface area contributed by atoms with Crippen molar-refractivity contribution in [2.45, 2.75) is 39.2 Å². The number of amides is 1. The van der Waals surface area contributed by atoms with Crippen LogP contribution in [0.15, 0.2) is 18.2 Å². The van der Waals surface area contributed by atoms with Crippen LogP contribution in [0.5, 0.6) is 5.75 Å². The largest absolute Gasteiger partial charge is 0.497 e. The van der Waals surface area contributed by atoms with E-state index in [1.165, 1.54) is 17.5 Å². The molecule has 1 amide bonds. The zero-order valence-corrected chi connectivity index (χ0v) is 13.2. The van der Waals surface area contributed by atoms with Crippen molar-refractivity contribution in [3.05, 3.63) is 29.3 Å². The minimum Gasteiger partial charge on any atom is -0.497 e. The average molecular weight is 290 g/mol. The molecule has 1 aliphatic carbocycles. The van der Waals surface area contributed by atoms with Crippen molar-refractivity contribution >= 4 is 5.91 Å². The number of benzene rings is 1. The predicted molar refractivity (Wildman–Crippen MR) is 84.5 cm³/mol. The minimum atomic E-state index is 0.0460. The molecule has 0 spiro atoms. The molecule has 0 aromatic heterocycles. The minimum absolute atomic E-state index is 0.0460. The summed E-state index contributed by atoms with van der Waals surface area (Å²) >= 11 is 0. The van der Waals surface area contributed by atoms with Crippen molar-refractivity contribution < 1.29 is 9.53 Å². The molecule has 0 heterocycles. The molecule has 0 radical (unpaired) electrons. The van der Waals surface area contributed by atoms with E-state index in [4.69, 9.17) is 4.74 Å². The van der Waals surface area contributed by atoms with Crippen LogP contribution in [0, 0.1) is 5.92 Å². The van der Waals surface area contributed by atoms with Crippen molar-refractivity contribution in [2.24, 2.45) is 5.92 Å². The van der Waals surface area contributed by atoms with Crippen LogP contribution < -0.4 is 15.4 Å². The molecule has 0 aliphatic heterocycles. The van der Waals surface area contributed by atoms with Crippen LogP contribution in [0.2, 0.25) is 0 Å². The first-order valence-corrected chi connectivity index (χ1v) is 7.79. The molecule has 1 unspecified atom stereocenters. The summed E-state index contributed by atoms with van der Waals surface area (Å²) < 4.78 is 5.33. The Morgan fingerprint density at radius 1 is 1.38 bits per heavy atom. The van der Waals surface area contributed by atoms with Gasteiger partial charge in [-0.2, -0.15) is 0 Å². The fourth-order valence-corrected chi connectivity index (χ4v) is 2.75. The van der Waals surface area contributed by atoms with Crippen molar-refractivity contribution in [3.8, 4) is 5.75 Å². The number of aryl methyl sites for hydroxylation is 1. The molecular weight excluding hydrogens is 264 g/mol. The number of ether oxygens (including phenoxy) is 1. The van der Waals surface area contributed by atoms with E-state index in [1.54, 1.807) is 7.11 Å². The van der Waals surface area contributed by atoms with Crippen LogP contribution in [0.4, 0.5) is 0 Å². The second-order valence-corrected chi connectivity index (χ2v) is 5.91. The van der Waals surface area contributed by atoms with E-state index < -0.39 is 0 Å². The molecule has 116 valence electrons. The molecule has 1 aromatic carbocycles. The van der Waals surface area contributed by atoms with Crippen molar-refractivity contribution in [1.82, 2.24) is 10.6 Å². The van der Waals surface area contributed by atoms with Crippen LogP contribution in [-0.4, -0.2) is 26.1 Å². The molecule has 1 aliphatic rings. The van der Waals surface area contributed by atoms with E-state index in [9.17, 15) is 4.79 Å². The molecule has 4 heteroatoms. The van der Waals surface area contributed by atoms with E-state index >= 15 is 0 Å². The molecule has 0 fully saturated rings. The second-order valence-electron chi connectivity index (χ2n) is 5.91. The predicted octanol–water partition coefficient (Wildman–Crippen LogP) is 2.43. The van der Waals surface area contributed by atoms with Gasteiger partial charge in [-0.25, -0.2) is 0 Å². The molecular formula is C17H26N2O2. The van der Waals surface area contributed by atoms with Gasteiger partial charge >= 0.3 is 0 Å². The SMILES string of the molecule is COc1ccc2c(c1)C(NCCNC(=O)C(C)C)CCC2. The Balaban J connectivity index is 1.89. The number of nitrogens with one attached hydrogen (secondary N) is 2. The number of carbonyl (C=O) groups is 1. The summed E-state index contributed by atoms with van der Waals surface area (Å²) in [5, 5.41) is 6.50. The van der Waals surface area contributed by atoms with Gasteiger partial charge in [0.05, 0.1) is 7.11 Å². The Kier molecular flexibility index (Phi) is 5.62. The summed E-state index contributed by atoms with van der Waals surface area (Å²) in [6, 6.07) is 6.70. The van der Waals surface area contributed by atoms with Crippen LogP contribution in [0.1, 0.15) is 43.9 Å². The highest BCUT2D eigenvalue weighted by atomic mass is 16.5. The maximum Gasteiger partial charge on any atom is 0.222 e. The summed E-state index contributed by atoms with van der Waals surface area (Å²) in [6.45, 7) is 5.28. The molecule has 0 bridgehead atoms. The zero-order chi connectivity index (χ0) is 15.2. The highest BCUT2D eigenvalue weighted by Gasteiger charge is 2.20. The van der Waals surface area contributed by atoms with Crippen molar-refractivity contribution in [1.29, 1.82) is 0 Å². The first-order chi connectivity index (χ1) is 10.1. The normalized spacial score (nSPS) is 17.4. The Hall–Kier alpha value is -1.55. The van der Waals surface area contributed by atoms with Crippen LogP contribution in [-0.2, 0) is 11.2 Å². The Bertz CT molecular complexity index is 486. The van der Waals surface area contributed by atoms with Gasteiger partial charge in [0.25, 0.3) is 0 Å². The lowest BCUT2D eigenvalue weighted by molar-refractivity contribution is -0.123. The number of fused-ring (bicyclic) bond motifs is 1. The average Bonchev–Trinajstić information content (AvgIpc) is 2.50. The molecule has 2 rings (SSSR count). The number of methoxy groups -OCH3 is 1. The van der Waals surface area contributed by atoms with E-state index in [-0.39, 0.29) is 11.8 Å². The summed E-state index contributed by atoms with van der Waals surface area (Å²) in [7, 11) is 1.70. The number of hydrogen-bond acceptors (Lipinski definition) is 3. The van der Waals surface area contributed by atoms with Gasteiger partial charge in [-0.3, -0.25) is 4.79 Å². The van der Waals surface area contributed by atoms with Crippen LogP contribution in [0.3, 0.4) is 0 Å². The Morgan fingerprint density at radius 3 is 2.90 bits per heavy atom. The summed E-state index contributed by atoms with van der Waals surface area (Å²) in [5.74, 6) is 1.07. The first kappa shape index (κ1) is 15.8. The van der Waals surface area contributed by atoms with Crippen LogP contribution >= 0.6 is 0 Å². The fraction of sp³-hybridized carbons (Fsp3) is 0.588. The highest BCUT2D eigenvalue weighted by Crippen LogP contribution is 2.32.